The van der Waals surface area contributed by atoms with Crippen LogP contribution in [0.2, 0.25) is 0 Å². The number of thioether (sulfide) groups is 1. The number of nitrogens with one attached hydrogen (secondary N) is 1. The molecule has 0 bridgehead atoms. The van der Waals surface area contributed by atoms with Crippen LogP contribution in [-0.2, 0) is 5.75 Å². The molecule has 0 radical (unpaired) electrons. The summed E-state index contributed by atoms with van der Waals surface area (Å²) in [4.78, 5) is 0. The number of hydrogen-bond acceptors (Lipinski definition) is 5. The van der Waals surface area contributed by atoms with Crippen LogP contribution >= 0.6 is 23.1 Å². The smallest absolute Gasteiger partial charge is 0.205 e. The Labute approximate surface area is 100 Å². The van der Waals surface area contributed by atoms with E-state index >= 15 is 0 Å². The topological polar surface area (TPSA) is 37.8 Å². The maximum atomic E-state index is 4.15. The lowest BCUT2D eigenvalue weighted by Crippen LogP contribution is -2.05. The predicted molar refractivity (Wildman–Crippen MR) is 69.7 cm³/mol. The zero-order valence-electron chi connectivity index (χ0n) is 9.78. The van der Waals surface area contributed by atoms with E-state index in [1.807, 2.05) is 11.8 Å². The summed E-state index contributed by atoms with van der Waals surface area (Å²) in [6.07, 6.45) is 0. The van der Waals surface area contributed by atoms with E-state index < -0.39 is 0 Å². The Morgan fingerprint density at radius 3 is 2.67 bits per heavy atom. The van der Waals surface area contributed by atoms with Crippen molar-refractivity contribution in [2.45, 2.75) is 38.7 Å². The third kappa shape index (κ3) is 4.38. The van der Waals surface area contributed by atoms with Crippen molar-refractivity contribution >= 4 is 28.2 Å². The zero-order chi connectivity index (χ0) is 11.3. The molecule has 0 saturated carbocycles. The Morgan fingerprint density at radius 2 is 2.07 bits per heavy atom. The van der Waals surface area contributed by atoms with Crippen LogP contribution in [-0.4, -0.2) is 22.0 Å². The van der Waals surface area contributed by atoms with Gasteiger partial charge in [-0.3, -0.25) is 0 Å². The van der Waals surface area contributed by atoms with Gasteiger partial charge in [0.25, 0.3) is 0 Å². The van der Waals surface area contributed by atoms with E-state index in [2.05, 4.69) is 43.2 Å². The minimum Gasteiger partial charge on any atom is -0.360 e. The van der Waals surface area contributed by atoms with Crippen molar-refractivity contribution in [3.63, 3.8) is 0 Å². The van der Waals surface area contributed by atoms with E-state index in [9.17, 15) is 0 Å². The largest absolute Gasteiger partial charge is 0.360 e. The summed E-state index contributed by atoms with van der Waals surface area (Å²) in [6.45, 7) is 9.74. The second-order valence-corrected chi connectivity index (χ2v) is 6.22. The van der Waals surface area contributed by atoms with Gasteiger partial charge in [-0.25, -0.2) is 0 Å². The van der Waals surface area contributed by atoms with Crippen LogP contribution in [0.15, 0.2) is 0 Å². The van der Waals surface area contributed by atoms with Gasteiger partial charge in [0.1, 0.15) is 5.01 Å². The average molecular weight is 245 g/mol. The van der Waals surface area contributed by atoms with Crippen LogP contribution in [0, 0.1) is 5.92 Å². The summed E-state index contributed by atoms with van der Waals surface area (Å²) in [7, 11) is 0. The number of nitrogens with zero attached hydrogens (tertiary/aromatic N) is 2. The molecule has 1 unspecified atom stereocenters. The van der Waals surface area contributed by atoms with Gasteiger partial charge in [0.15, 0.2) is 0 Å². The molecule has 5 heteroatoms. The molecule has 0 saturated heterocycles. The lowest BCUT2D eigenvalue weighted by molar-refractivity contribution is 0.642. The van der Waals surface area contributed by atoms with Gasteiger partial charge in [-0.2, -0.15) is 11.8 Å². The highest BCUT2D eigenvalue weighted by Gasteiger charge is 2.09. The zero-order valence-corrected chi connectivity index (χ0v) is 11.4. The minimum absolute atomic E-state index is 0.677. The van der Waals surface area contributed by atoms with Gasteiger partial charge in [0.2, 0.25) is 5.13 Å². The first kappa shape index (κ1) is 12.8. The van der Waals surface area contributed by atoms with Crippen molar-refractivity contribution in [2.75, 3.05) is 11.9 Å². The van der Waals surface area contributed by atoms with Crippen LogP contribution < -0.4 is 5.32 Å². The monoisotopic (exact) mass is 245 g/mol. The molecule has 0 aliphatic rings. The number of aromatic nitrogens is 2. The first-order chi connectivity index (χ1) is 7.13. The Morgan fingerprint density at radius 1 is 1.33 bits per heavy atom. The van der Waals surface area contributed by atoms with E-state index in [1.54, 1.807) is 11.3 Å². The van der Waals surface area contributed by atoms with Crippen molar-refractivity contribution in [2.24, 2.45) is 5.92 Å². The summed E-state index contributed by atoms with van der Waals surface area (Å²) in [5.41, 5.74) is 0. The van der Waals surface area contributed by atoms with Gasteiger partial charge >= 0.3 is 0 Å². The van der Waals surface area contributed by atoms with Crippen molar-refractivity contribution in [3.05, 3.63) is 5.01 Å². The summed E-state index contributed by atoms with van der Waals surface area (Å²) in [5, 5.41) is 14.1. The highest BCUT2D eigenvalue weighted by Crippen LogP contribution is 2.25. The third-order valence-corrected chi connectivity index (χ3v) is 4.78. The normalized spacial score (nSPS) is 13.1. The molecule has 1 aromatic rings. The summed E-state index contributed by atoms with van der Waals surface area (Å²) in [6, 6.07) is 0. The minimum atomic E-state index is 0.677. The molecule has 1 aromatic heterocycles. The molecule has 3 nitrogen and oxygen atoms in total. The van der Waals surface area contributed by atoms with E-state index in [4.69, 9.17) is 0 Å². The first-order valence-corrected chi connectivity index (χ1v) is 7.17. The van der Waals surface area contributed by atoms with Crippen molar-refractivity contribution in [3.8, 4) is 0 Å². The molecule has 1 N–H and O–H groups in total. The molecule has 0 aromatic carbocycles. The van der Waals surface area contributed by atoms with Crippen LogP contribution in [0.4, 0.5) is 5.13 Å². The molecule has 86 valence electrons. The number of rotatable bonds is 6. The van der Waals surface area contributed by atoms with Crippen LogP contribution in [0.1, 0.15) is 32.7 Å². The van der Waals surface area contributed by atoms with Gasteiger partial charge in [0, 0.05) is 17.5 Å². The van der Waals surface area contributed by atoms with E-state index in [0.717, 1.165) is 28.4 Å². The second kappa shape index (κ2) is 6.33. The fourth-order valence-electron chi connectivity index (χ4n) is 0.930. The highest BCUT2D eigenvalue weighted by molar-refractivity contribution is 7.99. The summed E-state index contributed by atoms with van der Waals surface area (Å²) < 4.78 is 0. The second-order valence-electron chi connectivity index (χ2n) is 3.79. The molecule has 0 fully saturated rings. The van der Waals surface area contributed by atoms with Crippen LogP contribution in [0.5, 0.6) is 0 Å². The van der Waals surface area contributed by atoms with Crippen molar-refractivity contribution < 1.29 is 0 Å². The van der Waals surface area contributed by atoms with Crippen LogP contribution in [0.3, 0.4) is 0 Å². The molecule has 0 amide bonds. The van der Waals surface area contributed by atoms with Crippen molar-refractivity contribution in [1.82, 2.24) is 10.2 Å². The predicted octanol–water partition coefficient (Wildman–Crippen LogP) is 3.25. The Bertz CT molecular complexity index is 286. The van der Waals surface area contributed by atoms with Gasteiger partial charge in [-0.1, -0.05) is 32.1 Å². The Hall–Kier alpha value is -0.290. The average Bonchev–Trinajstić information content (AvgIpc) is 2.62. The van der Waals surface area contributed by atoms with Crippen LogP contribution in [0.25, 0.3) is 0 Å². The number of anilines is 1. The third-order valence-electron chi connectivity index (χ3n) is 2.20. The Kier molecular flexibility index (Phi) is 5.39. The van der Waals surface area contributed by atoms with Gasteiger partial charge in [0.05, 0.1) is 0 Å². The maximum Gasteiger partial charge on any atom is 0.205 e. The highest BCUT2D eigenvalue weighted by atomic mass is 32.2. The van der Waals surface area contributed by atoms with Gasteiger partial charge in [-0.05, 0) is 12.8 Å². The molecule has 1 atom stereocenters. The lowest BCUT2D eigenvalue weighted by Gasteiger charge is -2.13. The molecule has 0 spiro atoms. The molecular formula is C10H19N3S2. The fraction of sp³-hybridized carbons (Fsp3) is 0.800. The SMILES string of the molecule is CCNc1nnc(CSC(C)C(C)C)s1. The summed E-state index contributed by atoms with van der Waals surface area (Å²) in [5.74, 6) is 1.69. The molecule has 1 heterocycles. The molecule has 15 heavy (non-hydrogen) atoms. The molecule has 1 rings (SSSR count). The molecule has 0 aliphatic heterocycles. The van der Waals surface area contributed by atoms with Gasteiger partial charge in [-0.15, -0.1) is 10.2 Å². The standard InChI is InChI=1S/C10H19N3S2/c1-5-11-10-13-12-9(15-10)6-14-8(4)7(2)3/h7-8H,5-6H2,1-4H3,(H,11,13). The van der Waals surface area contributed by atoms with E-state index in [1.165, 1.54) is 0 Å². The maximum absolute atomic E-state index is 4.15. The summed E-state index contributed by atoms with van der Waals surface area (Å²) >= 11 is 3.61. The van der Waals surface area contributed by atoms with Crippen molar-refractivity contribution in [1.29, 1.82) is 0 Å². The quantitative estimate of drug-likeness (QED) is 0.835. The van der Waals surface area contributed by atoms with Gasteiger partial charge < -0.3 is 5.32 Å². The first-order valence-electron chi connectivity index (χ1n) is 5.31. The molecule has 0 aliphatic carbocycles. The fourth-order valence-corrected chi connectivity index (χ4v) is 2.82. The molecular weight excluding hydrogens is 226 g/mol. The van der Waals surface area contributed by atoms with E-state index in [0.29, 0.717) is 5.25 Å². The lowest BCUT2D eigenvalue weighted by atomic mass is 10.2. The van der Waals surface area contributed by atoms with E-state index in [-0.39, 0.29) is 0 Å². The number of hydrogen-bond donors (Lipinski definition) is 1. The Balaban J connectivity index is 2.37.